The zero-order valence-electron chi connectivity index (χ0n) is 12.1. The van der Waals surface area contributed by atoms with E-state index in [9.17, 15) is 0 Å². The summed E-state index contributed by atoms with van der Waals surface area (Å²) in [5.41, 5.74) is 1.16. The van der Waals surface area contributed by atoms with Gasteiger partial charge in [-0.2, -0.15) is 0 Å². The number of hydrogen-bond acceptors (Lipinski definition) is 5. The van der Waals surface area contributed by atoms with Crippen LogP contribution >= 0.6 is 0 Å². The number of aromatic nitrogens is 2. The van der Waals surface area contributed by atoms with Crippen molar-refractivity contribution in [3.05, 3.63) is 11.9 Å². The highest BCUT2D eigenvalue weighted by Crippen LogP contribution is 2.20. The summed E-state index contributed by atoms with van der Waals surface area (Å²) in [5.74, 6) is 1.88. The topological polar surface area (TPSA) is 53.1 Å². The molecule has 1 atom stereocenters. The van der Waals surface area contributed by atoms with E-state index in [4.69, 9.17) is 0 Å². The quantitative estimate of drug-likeness (QED) is 0.774. The second-order valence-corrected chi connectivity index (χ2v) is 4.74. The maximum atomic E-state index is 4.36. The lowest BCUT2D eigenvalue weighted by Crippen LogP contribution is -2.30. The maximum Gasteiger partial charge on any atom is 0.134 e. The third kappa shape index (κ3) is 4.14. The van der Waals surface area contributed by atoms with E-state index in [0.29, 0.717) is 6.04 Å². The summed E-state index contributed by atoms with van der Waals surface area (Å²) in [7, 11) is 4.14. The van der Waals surface area contributed by atoms with Crippen molar-refractivity contribution in [2.24, 2.45) is 0 Å². The van der Waals surface area contributed by atoms with E-state index in [1.807, 2.05) is 0 Å². The predicted octanol–water partition coefficient (Wildman–Crippen LogP) is 1.83. The van der Waals surface area contributed by atoms with Crippen molar-refractivity contribution in [3.8, 4) is 0 Å². The van der Waals surface area contributed by atoms with Gasteiger partial charge in [0.25, 0.3) is 0 Å². The van der Waals surface area contributed by atoms with Gasteiger partial charge in [-0.25, -0.2) is 9.97 Å². The van der Waals surface area contributed by atoms with Gasteiger partial charge >= 0.3 is 0 Å². The van der Waals surface area contributed by atoms with Crippen LogP contribution in [-0.4, -0.2) is 48.1 Å². The third-order valence-corrected chi connectivity index (χ3v) is 2.67. The van der Waals surface area contributed by atoms with Crippen molar-refractivity contribution >= 4 is 11.6 Å². The van der Waals surface area contributed by atoms with Gasteiger partial charge < -0.3 is 15.5 Å². The van der Waals surface area contributed by atoms with Crippen LogP contribution < -0.4 is 10.6 Å². The SMILES string of the molecule is CCNc1ncnc(NC(C)CN(C)C)c1CC. The summed E-state index contributed by atoms with van der Waals surface area (Å²) in [6.45, 7) is 8.21. The van der Waals surface area contributed by atoms with Crippen LogP contribution in [-0.2, 0) is 6.42 Å². The molecule has 0 bridgehead atoms. The van der Waals surface area contributed by atoms with Gasteiger partial charge in [0.2, 0.25) is 0 Å². The zero-order chi connectivity index (χ0) is 13.5. The average molecular weight is 251 g/mol. The number of anilines is 2. The van der Waals surface area contributed by atoms with E-state index >= 15 is 0 Å². The third-order valence-electron chi connectivity index (χ3n) is 2.67. The fraction of sp³-hybridized carbons (Fsp3) is 0.692. The standard InChI is InChI=1S/C13H25N5/c1-6-11-12(14-7-2)15-9-16-13(11)17-10(3)8-18(4)5/h9-10H,6-8H2,1-5H3,(H2,14,15,16,17). The van der Waals surface area contributed by atoms with Crippen LogP contribution in [0.5, 0.6) is 0 Å². The lowest BCUT2D eigenvalue weighted by atomic mass is 10.2. The molecule has 102 valence electrons. The molecule has 0 saturated carbocycles. The molecule has 0 amide bonds. The van der Waals surface area contributed by atoms with E-state index in [0.717, 1.165) is 36.7 Å². The van der Waals surface area contributed by atoms with Gasteiger partial charge in [0.1, 0.15) is 18.0 Å². The zero-order valence-corrected chi connectivity index (χ0v) is 12.1. The average Bonchev–Trinajstić information content (AvgIpc) is 2.28. The molecule has 1 unspecified atom stereocenters. The maximum absolute atomic E-state index is 4.36. The monoisotopic (exact) mass is 251 g/mol. The molecule has 2 N–H and O–H groups in total. The molecule has 18 heavy (non-hydrogen) atoms. The van der Waals surface area contributed by atoms with Gasteiger partial charge in [0, 0.05) is 24.7 Å². The van der Waals surface area contributed by atoms with Crippen LogP contribution in [0.2, 0.25) is 0 Å². The molecule has 1 rings (SSSR count). The highest BCUT2D eigenvalue weighted by Gasteiger charge is 2.11. The first-order valence-electron chi connectivity index (χ1n) is 6.57. The molecule has 0 radical (unpaired) electrons. The highest BCUT2D eigenvalue weighted by molar-refractivity contribution is 5.57. The van der Waals surface area contributed by atoms with Gasteiger partial charge in [0.15, 0.2) is 0 Å². The van der Waals surface area contributed by atoms with Gasteiger partial charge in [-0.1, -0.05) is 6.92 Å². The Morgan fingerprint density at radius 2 is 1.89 bits per heavy atom. The molecule has 0 aliphatic carbocycles. The number of likely N-dealkylation sites (N-methyl/N-ethyl adjacent to an activating group) is 1. The number of nitrogens with zero attached hydrogens (tertiary/aromatic N) is 3. The van der Waals surface area contributed by atoms with Crippen molar-refractivity contribution in [1.29, 1.82) is 0 Å². The van der Waals surface area contributed by atoms with Gasteiger partial charge in [0.05, 0.1) is 0 Å². The van der Waals surface area contributed by atoms with E-state index in [1.54, 1.807) is 6.33 Å². The first kappa shape index (κ1) is 14.7. The summed E-state index contributed by atoms with van der Waals surface area (Å²) < 4.78 is 0. The largest absolute Gasteiger partial charge is 0.370 e. The van der Waals surface area contributed by atoms with Gasteiger partial charge in [-0.05, 0) is 34.4 Å². The lowest BCUT2D eigenvalue weighted by Gasteiger charge is -2.21. The number of hydrogen-bond donors (Lipinski definition) is 2. The Kier molecular flexibility index (Phi) is 5.85. The molecule has 5 nitrogen and oxygen atoms in total. The minimum absolute atomic E-state index is 0.356. The summed E-state index contributed by atoms with van der Waals surface area (Å²) in [6, 6.07) is 0.356. The first-order chi connectivity index (χ1) is 8.58. The molecule has 0 spiro atoms. The van der Waals surface area contributed by atoms with Crippen LogP contribution in [0, 0.1) is 0 Å². The molecule has 0 saturated heterocycles. The van der Waals surface area contributed by atoms with Crippen LogP contribution in [0.1, 0.15) is 26.3 Å². The molecule has 0 aliphatic heterocycles. The van der Waals surface area contributed by atoms with Crippen molar-refractivity contribution in [2.75, 3.05) is 37.8 Å². The molecule has 5 heteroatoms. The normalized spacial score (nSPS) is 12.6. The fourth-order valence-electron chi connectivity index (χ4n) is 2.02. The first-order valence-corrected chi connectivity index (χ1v) is 6.57. The Hall–Kier alpha value is -1.36. The van der Waals surface area contributed by atoms with Crippen LogP contribution in [0.4, 0.5) is 11.6 Å². The molecule has 0 fully saturated rings. The van der Waals surface area contributed by atoms with Crippen LogP contribution in [0.15, 0.2) is 6.33 Å². The van der Waals surface area contributed by atoms with Crippen molar-refractivity contribution in [2.45, 2.75) is 33.2 Å². The summed E-state index contributed by atoms with van der Waals surface area (Å²) >= 11 is 0. The Bertz CT molecular complexity index is 364. The number of nitrogens with one attached hydrogen (secondary N) is 2. The summed E-state index contributed by atoms with van der Waals surface area (Å²) in [4.78, 5) is 10.8. The lowest BCUT2D eigenvalue weighted by molar-refractivity contribution is 0.392. The summed E-state index contributed by atoms with van der Waals surface area (Å²) in [6.07, 6.45) is 2.53. The fourth-order valence-corrected chi connectivity index (χ4v) is 2.02. The second kappa shape index (κ2) is 7.16. The van der Waals surface area contributed by atoms with E-state index in [2.05, 4.69) is 60.4 Å². The van der Waals surface area contributed by atoms with E-state index in [1.165, 1.54) is 0 Å². The second-order valence-electron chi connectivity index (χ2n) is 4.74. The Morgan fingerprint density at radius 3 is 2.44 bits per heavy atom. The molecule has 0 aliphatic rings. The minimum Gasteiger partial charge on any atom is -0.370 e. The smallest absolute Gasteiger partial charge is 0.134 e. The molecular formula is C13H25N5. The molecular weight excluding hydrogens is 226 g/mol. The van der Waals surface area contributed by atoms with Crippen molar-refractivity contribution in [1.82, 2.24) is 14.9 Å². The van der Waals surface area contributed by atoms with Gasteiger partial charge in [-0.3, -0.25) is 0 Å². The predicted molar refractivity (Wildman–Crippen MR) is 77.2 cm³/mol. The molecule has 1 heterocycles. The van der Waals surface area contributed by atoms with Crippen LogP contribution in [0.25, 0.3) is 0 Å². The van der Waals surface area contributed by atoms with Crippen LogP contribution in [0.3, 0.4) is 0 Å². The Morgan fingerprint density at radius 1 is 1.22 bits per heavy atom. The molecule has 1 aromatic heterocycles. The molecule has 0 aromatic carbocycles. The van der Waals surface area contributed by atoms with E-state index in [-0.39, 0.29) is 0 Å². The van der Waals surface area contributed by atoms with Crippen molar-refractivity contribution < 1.29 is 0 Å². The summed E-state index contributed by atoms with van der Waals surface area (Å²) in [5, 5.41) is 6.74. The Labute approximate surface area is 110 Å². The van der Waals surface area contributed by atoms with Gasteiger partial charge in [-0.15, -0.1) is 0 Å². The Balaban J connectivity index is 2.84. The number of rotatable bonds is 7. The minimum atomic E-state index is 0.356. The van der Waals surface area contributed by atoms with Crippen molar-refractivity contribution in [3.63, 3.8) is 0 Å². The highest BCUT2D eigenvalue weighted by atomic mass is 15.1. The molecule has 1 aromatic rings. The van der Waals surface area contributed by atoms with E-state index < -0.39 is 0 Å².